The fourth-order valence-electron chi connectivity index (χ4n) is 9.68. The third kappa shape index (κ3) is 11.9. The molecule has 6 atom stereocenters. The largest absolute Gasteiger partial charge is 0.489 e. The van der Waals surface area contributed by atoms with Crippen LogP contribution in [0.25, 0.3) is 0 Å². The number of likely N-dealkylation sites (N-methyl/N-ethyl adjacent to an activating group) is 1. The third-order valence-electron chi connectivity index (χ3n) is 12.7. The van der Waals surface area contributed by atoms with Crippen molar-refractivity contribution in [1.29, 1.82) is 0 Å². The predicted octanol–water partition coefficient (Wildman–Crippen LogP) is 10.7. The summed E-state index contributed by atoms with van der Waals surface area (Å²) < 4.78 is 41.0. The maximum Gasteiger partial charge on any atom is 0.409 e. The zero-order chi connectivity index (χ0) is 42.7. The minimum atomic E-state index is -1.36. The van der Waals surface area contributed by atoms with E-state index in [1.165, 1.54) is 58.1 Å². The molecule has 0 unspecified atom stereocenters. The van der Waals surface area contributed by atoms with Crippen molar-refractivity contribution in [1.82, 2.24) is 4.90 Å². The summed E-state index contributed by atoms with van der Waals surface area (Å²) in [4.78, 5) is 21.2. The first-order valence-corrected chi connectivity index (χ1v) is 22.7. The second kappa shape index (κ2) is 24.5. The van der Waals surface area contributed by atoms with Crippen LogP contribution in [0.5, 0.6) is 11.5 Å². The Hall–Kier alpha value is -3.93. The van der Waals surface area contributed by atoms with Crippen molar-refractivity contribution in [3.8, 4) is 11.5 Å². The van der Waals surface area contributed by atoms with Gasteiger partial charge in [-0.25, -0.2) is 9.18 Å². The lowest BCUT2D eigenvalue weighted by Crippen LogP contribution is -2.69. The van der Waals surface area contributed by atoms with Crippen molar-refractivity contribution < 1.29 is 43.2 Å². The van der Waals surface area contributed by atoms with Crippen LogP contribution in [-0.4, -0.2) is 79.3 Å². The molecule has 60 heavy (non-hydrogen) atoms. The predicted molar refractivity (Wildman–Crippen MR) is 234 cm³/mol. The molecule has 1 aliphatic heterocycles. The van der Waals surface area contributed by atoms with Crippen LogP contribution in [0.3, 0.4) is 0 Å². The molecule has 2 aliphatic carbocycles. The number of amides is 1. The van der Waals surface area contributed by atoms with E-state index in [-0.39, 0.29) is 50.0 Å². The van der Waals surface area contributed by atoms with Gasteiger partial charge in [0.05, 0.1) is 24.8 Å². The van der Waals surface area contributed by atoms with Crippen molar-refractivity contribution >= 4 is 11.8 Å². The Kier molecular flexibility index (Phi) is 19.2. The van der Waals surface area contributed by atoms with E-state index in [9.17, 15) is 19.4 Å². The number of unbranched alkanes of at least 4 members (excludes halogenated alkanes) is 11. The molecule has 2 aromatic carbocycles. The van der Waals surface area contributed by atoms with Gasteiger partial charge in [-0.15, -0.1) is 6.58 Å². The van der Waals surface area contributed by atoms with Crippen LogP contribution in [-0.2, 0) is 20.9 Å². The first kappa shape index (κ1) is 47.1. The highest BCUT2D eigenvalue weighted by Crippen LogP contribution is 2.61. The lowest BCUT2D eigenvalue weighted by molar-refractivity contribution is -0.253. The summed E-state index contributed by atoms with van der Waals surface area (Å²) in [7, 11) is 3.28. The number of carbonyl (C=O) groups excluding carboxylic acids is 1. The molecule has 0 spiro atoms. The summed E-state index contributed by atoms with van der Waals surface area (Å²) in [5, 5.41) is 24.3. The van der Waals surface area contributed by atoms with E-state index in [0.29, 0.717) is 48.6 Å². The third-order valence-corrected chi connectivity index (χ3v) is 12.7. The van der Waals surface area contributed by atoms with Crippen molar-refractivity contribution in [3.05, 3.63) is 83.7 Å². The first-order valence-electron chi connectivity index (χ1n) is 22.7. The minimum absolute atomic E-state index is 0.0560. The molecule has 2 aromatic rings. The number of ether oxygens (including phenoxy) is 4. The number of rotatable bonds is 27. The van der Waals surface area contributed by atoms with Gasteiger partial charge in [-0.05, 0) is 73.8 Å². The molecule has 3 aliphatic rings. The molecule has 0 saturated heterocycles. The smallest absolute Gasteiger partial charge is 0.409 e. The zero-order valence-electron chi connectivity index (χ0n) is 36.5. The molecule has 0 aromatic heterocycles. The fraction of sp³-hybridized carbons (Fsp3) is 0.633. The Morgan fingerprint density at radius 1 is 0.967 bits per heavy atom. The number of carbonyl (C=O) groups is 1. The number of halogens is 1. The number of fused-ring (bicyclic) bond motifs is 2. The van der Waals surface area contributed by atoms with E-state index in [1.807, 2.05) is 18.2 Å². The molecule has 10 nitrogen and oxygen atoms in total. The van der Waals surface area contributed by atoms with Gasteiger partial charge in [0, 0.05) is 43.7 Å². The summed E-state index contributed by atoms with van der Waals surface area (Å²) in [5.41, 5.74) is 3.05. The van der Waals surface area contributed by atoms with Gasteiger partial charge in [0.15, 0.2) is 0 Å². The highest BCUT2D eigenvalue weighted by atomic mass is 19.1. The Labute approximate surface area is 358 Å². The zero-order valence-corrected chi connectivity index (χ0v) is 36.5. The van der Waals surface area contributed by atoms with Crippen molar-refractivity contribution in [2.45, 2.75) is 140 Å². The summed E-state index contributed by atoms with van der Waals surface area (Å²) in [6, 6.07) is 11.7. The van der Waals surface area contributed by atoms with E-state index < -0.39 is 23.8 Å². The molecule has 1 saturated carbocycles. The summed E-state index contributed by atoms with van der Waals surface area (Å²) in [6.45, 7) is 6.98. The lowest BCUT2D eigenvalue weighted by atomic mass is 9.55. The second-order valence-corrected chi connectivity index (χ2v) is 16.7. The van der Waals surface area contributed by atoms with Gasteiger partial charge in [0.1, 0.15) is 37.1 Å². The first-order chi connectivity index (χ1) is 29.3. The SMILES string of the molecule is C=CCO[C@@]12Oc3ccc(OCc4ccccc4F)cc3[C@H]3[C@H](CCCCO)[C@@H](CCCCO)C=C(C(=NOC)C[C@@H]1N(C)C(=O)OCCCCCCCCCCCC)[C@H]32. The molecule has 1 fully saturated rings. The monoisotopic (exact) mass is 835 g/mol. The van der Waals surface area contributed by atoms with Crippen LogP contribution in [0.1, 0.15) is 133 Å². The van der Waals surface area contributed by atoms with Crippen LogP contribution < -0.4 is 9.47 Å². The molecule has 1 heterocycles. The Morgan fingerprint density at radius 3 is 2.35 bits per heavy atom. The number of benzene rings is 2. The molecule has 1 amide bonds. The second-order valence-electron chi connectivity index (χ2n) is 16.7. The van der Waals surface area contributed by atoms with Crippen LogP contribution in [0, 0.1) is 23.6 Å². The van der Waals surface area contributed by atoms with E-state index in [0.717, 1.165) is 56.1 Å². The van der Waals surface area contributed by atoms with Gasteiger partial charge in [0.25, 0.3) is 0 Å². The molecule has 11 heteroatoms. The molecule has 0 bridgehead atoms. The van der Waals surface area contributed by atoms with Crippen LogP contribution in [0.2, 0.25) is 0 Å². The normalized spacial score (nSPS) is 23.5. The maximum absolute atomic E-state index is 14.7. The number of hydrogen-bond donors (Lipinski definition) is 2. The lowest BCUT2D eigenvalue weighted by Gasteiger charge is -2.59. The fourth-order valence-corrected chi connectivity index (χ4v) is 9.68. The molecule has 2 N–H and O–H groups in total. The number of aliphatic hydroxyl groups is 2. The summed E-state index contributed by atoms with van der Waals surface area (Å²) in [5.74, 6) is -0.978. The van der Waals surface area contributed by atoms with Crippen LogP contribution >= 0.6 is 0 Å². The summed E-state index contributed by atoms with van der Waals surface area (Å²) >= 11 is 0. The van der Waals surface area contributed by atoms with Crippen molar-refractivity contribution in [2.75, 3.05) is 40.6 Å². The number of aliphatic hydroxyl groups excluding tert-OH is 2. The minimum Gasteiger partial charge on any atom is -0.489 e. The highest BCUT2D eigenvalue weighted by Gasteiger charge is 2.65. The molecule has 5 rings (SSSR count). The van der Waals surface area contributed by atoms with Gasteiger partial charge in [-0.1, -0.05) is 113 Å². The number of hydrogen-bond acceptors (Lipinski definition) is 9. The van der Waals surface area contributed by atoms with Crippen LogP contribution in [0.15, 0.2) is 71.9 Å². The molecule has 0 radical (unpaired) electrons. The van der Waals surface area contributed by atoms with Gasteiger partial charge < -0.3 is 38.9 Å². The topological polar surface area (TPSA) is 119 Å². The van der Waals surface area contributed by atoms with Crippen molar-refractivity contribution in [2.24, 2.45) is 22.9 Å². The Balaban J connectivity index is 1.49. The van der Waals surface area contributed by atoms with Crippen LogP contribution in [0.4, 0.5) is 9.18 Å². The number of oxime groups is 1. The summed E-state index contributed by atoms with van der Waals surface area (Å²) in [6.07, 6.45) is 20.3. The number of nitrogens with zero attached hydrogens (tertiary/aromatic N) is 2. The van der Waals surface area contributed by atoms with Gasteiger partial charge >= 0.3 is 6.09 Å². The van der Waals surface area contributed by atoms with Gasteiger partial charge in [0.2, 0.25) is 5.79 Å². The standard InChI is InChI=1S/C49H71FN2O8/c1-5-7-8-9-10-11-12-13-14-21-31-57-48(55)52(3)45-34-43(51-56-4)40-32-36(22-17-19-28-53)39(24-18-20-29-54)46-41-33-38(58-35-37-23-15-16-25-42(37)50)26-27-44(41)60-49(45,47(40)46)59-30-6-2/h6,15-16,23,25-27,32-33,36,39,45-47,53-54H,2,5,7-14,17-22,24,28-31,34-35H2,1,3-4H3/t36-,39+,45-,46+,47+,49+/m0/s1. The van der Waals surface area contributed by atoms with E-state index in [1.54, 1.807) is 36.2 Å². The maximum atomic E-state index is 14.7. The Morgan fingerprint density at radius 2 is 1.67 bits per heavy atom. The van der Waals surface area contributed by atoms with E-state index in [4.69, 9.17) is 23.8 Å². The van der Waals surface area contributed by atoms with Gasteiger partial charge in [-0.2, -0.15) is 0 Å². The quantitative estimate of drug-likeness (QED) is 0.0519. The molecular weight excluding hydrogens is 764 g/mol. The average molecular weight is 835 g/mol. The van der Waals surface area contributed by atoms with E-state index in [2.05, 4.69) is 24.7 Å². The Bertz CT molecular complexity index is 1700. The average Bonchev–Trinajstić information content (AvgIpc) is 3.25. The number of allylic oxidation sites excluding steroid dienone is 1. The molecule has 332 valence electrons. The highest BCUT2D eigenvalue weighted by molar-refractivity contribution is 6.02. The van der Waals surface area contributed by atoms with E-state index >= 15 is 0 Å². The van der Waals surface area contributed by atoms with Crippen molar-refractivity contribution in [3.63, 3.8) is 0 Å². The molecular formula is C49H71FN2O8. The van der Waals surface area contributed by atoms with Gasteiger partial charge in [-0.3, -0.25) is 0 Å².